The Morgan fingerprint density at radius 3 is 1.21 bits per heavy atom. The molecule has 4 aliphatic carbocycles. The summed E-state index contributed by atoms with van der Waals surface area (Å²) in [5, 5.41) is 30.7. The van der Waals surface area contributed by atoms with E-state index in [9.17, 15) is 41.9 Å². The summed E-state index contributed by atoms with van der Waals surface area (Å²) >= 11 is 0. The summed E-state index contributed by atoms with van der Waals surface area (Å²) < 4.78 is 31.7. The third kappa shape index (κ3) is 20.7. The number of fused-ring (bicyclic) bond motifs is 2. The number of rotatable bonds is 16. The van der Waals surface area contributed by atoms with Crippen LogP contribution in [0.2, 0.25) is 0 Å². The summed E-state index contributed by atoms with van der Waals surface area (Å²) in [6, 6.07) is 6.64. The molecule has 7 aliphatic rings. The number of carbonyl (C=O) groups is 11. The van der Waals surface area contributed by atoms with Crippen molar-refractivity contribution in [2.24, 2.45) is 52.4 Å². The fraction of sp³-hybridized carbons (Fsp3) is 0.667. The van der Waals surface area contributed by atoms with Gasteiger partial charge in [0, 0.05) is 25.9 Å². The molecule has 3 saturated heterocycles. The standard InChI is InChI=1S/C67H100N12O10.C2HF3O2/c1-39(2)29-49-59(82)73-50(33-42-17-9-7-10-18-42)65(88)78-27-15-23-53(78)61(84)77-56(41(5)6)64(87)71-48(22-14-26-69)58(81)75-52(38-67-35-44-30-45(36-67)32-46(31-44)37-67)60(83)74-51(34-43-19-11-8-12-20-43)66(89)79-28-16-24-54(79)62(85)76-55(40(3)4)63(86)70-47(21-13-25-68)57(80)72-49;3-2(4,5)1(6)7/h7-12,17-20,39-41,44-56H,13-16,21-38,68-69H2,1-6H3,(H,70,86)(H,71,87)(H,72,80)(H,73,82)(H,74,83)(H,75,81)(H,76,85)(H,77,84);(H,6,7)/t44?,45?,46?,47-,48-,49-,50+,51+,52-,53-,54-,55-,56-,67?;/m0./s1. The Morgan fingerprint density at radius 1 is 0.510 bits per heavy atom. The minimum absolute atomic E-state index is 0.0332. The molecule has 3 aliphatic heterocycles. The lowest BCUT2D eigenvalue weighted by Gasteiger charge is -2.57. The number of carboxylic acid groups (broad SMARTS) is 1. The predicted molar refractivity (Wildman–Crippen MR) is 350 cm³/mol. The van der Waals surface area contributed by atoms with Gasteiger partial charge in [0.15, 0.2) is 0 Å². The highest BCUT2D eigenvalue weighted by Crippen LogP contribution is 2.61. The van der Waals surface area contributed by atoms with Gasteiger partial charge < -0.3 is 68.9 Å². The lowest BCUT2D eigenvalue weighted by atomic mass is 9.48. The Hall–Kier alpha value is -7.68. The Morgan fingerprint density at radius 2 is 0.854 bits per heavy atom. The number of alkyl halides is 3. The Bertz CT molecular complexity index is 3010. The maximum atomic E-state index is 15.4. The van der Waals surface area contributed by atoms with Crippen molar-refractivity contribution >= 4 is 65.0 Å². The number of carbonyl (C=O) groups excluding carboxylic acids is 10. The molecule has 10 atom stereocenters. The van der Waals surface area contributed by atoms with E-state index in [-0.39, 0.29) is 82.5 Å². The largest absolute Gasteiger partial charge is 0.490 e. The van der Waals surface area contributed by atoms with Gasteiger partial charge in [-0.15, -0.1) is 0 Å². The Kier molecular flexibility index (Phi) is 27.2. The molecule has 0 spiro atoms. The number of aliphatic carboxylic acids is 1. The number of hydrogen-bond acceptors (Lipinski definition) is 13. The number of halogens is 3. The molecule has 10 amide bonds. The molecule has 4 saturated carbocycles. The average Bonchev–Trinajstić information content (AvgIpc) is 1.03. The lowest BCUT2D eigenvalue weighted by Crippen LogP contribution is -2.62. The van der Waals surface area contributed by atoms with E-state index in [1.54, 1.807) is 27.7 Å². The SMILES string of the molecule is CC(C)C[C@@H]1NC(=O)[C@H](CCCN)NC(=O)[C@H](C(C)C)NC(=O)[C@@H]2CCCN2C(=O)[C@@H](Cc2ccccc2)NC(=O)[C@H](CC23CC4CC(CC(C4)C2)C3)NC(=O)[C@H](CCCN)NC(=O)[C@H](C(C)C)NC(=O)[C@@H]2CCCN2C(=O)[C@@H](Cc2ccccc2)NC1=O.O=C(O)C(F)(F)F. The first-order chi connectivity index (χ1) is 45.5. The van der Waals surface area contributed by atoms with Crippen molar-refractivity contribution in [1.29, 1.82) is 0 Å². The first kappa shape index (κ1) is 75.7. The van der Waals surface area contributed by atoms with Gasteiger partial charge in [-0.25, -0.2) is 4.79 Å². The molecule has 4 bridgehead atoms. The van der Waals surface area contributed by atoms with Gasteiger partial charge >= 0.3 is 12.1 Å². The van der Waals surface area contributed by atoms with Crippen LogP contribution in [0, 0.1) is 40.9 Å². The quantitative estimate of drug-likeness (QED) is 0.115. The highest BCUT2D eigenvalue weighted by molar-refractivity contribution is 6.00. The molecule has 2 aromatic carbocycles. The first-order valence-electron chi connectivity index (χ1n) is 34.3. The smallest absolute Gasteiger partial charge is 0.475 e. The number of carboxylic acids is 1. The van der Waals surface area contributed by atoms with E-state index in [0.717, 1.165) is 44.1 Å². The van der Waals surface area contributed by atoms with Crippen LogP contribution in [0.25, 0.3) is 0 Å². The van der Waals surface area contributed by atoms with Gasteiger partial charge in [-0.3, -0.25) is 47.9 Å². The van der Waals surface area contributed by atoms with Crippen molar-refractivity contribution in [2.75, 3.05) is 26.2 Å². The number of nitrogens with zero attached hydrogens (tertiary/aromatic N) is 2. The van der Waals surface area contributed by atoms with Crippen LogP contribution in [0.15, 0.2) is 60.7 Å². The van der Waals surface area contributed by atoms with Crippen LogP contribution < -0.4 is 54.0 Å². The van der Waals surface area contributed by atoms with Gasteiger partial charge in [0.25, 0.3) is 0 Å². The van der Waals surface area contributed by atoms with E-state index >= 15 is 19.2 Å². The van der Waals surface area contributed by atoms with Crippen molar-refractivity contribution in [3.8, 4) is 0 Å². The second-order valence-electron chi connectivity index (χ2n) is 28.5. The average molecular weight is 1350 g/mol. The summed E-state index contributed by atoms with van der Waals surface area (Å²) in [6.07, 6.45) is 3.78. The Labute approximate surface area is 560 Å². The zero-order valence-electron chi connectivity index (χ0n) is 56.2. The monoisotopic (exact) mass is 1350 g/mol. The third-order valence-corrected chi connectivity index (χ3v) is 19.6. The molecule has 3 heterocycles. The van der Waals surface area contributed by atoms with Crippen LogP contribution in [-0.2, 0) is 65.6 Å². The van der Waals surface area contributed by atoms with E-state index in [1.165, 1.54) is 9.80 Å². The van der Waals surface area contributed by atoms with E-state index in [0.29, 0.717) is 55.4 Å². The molecule has 0 aromatic heterocycles. The van der Waals surface area contributed by atoms with E-state index in [4.69, 9.17) is 21.4 Å². The van der Waals surface area contributed by atoms with Gasteiger partial charge in [-0.2, -0.15) is 13.2 Å². The van der Waals surface area contributed by atoms with Crippen molar-refractivity contribution in [3.05, 3.63) is 71.8 Å². The third-order valence-electron chi connectivity index (χ3n) is 19.6. The van der Waals surface area contributed by atoms with Crippen molar-refractivity contribution in [2.45, 2.75) is 224 Å². The molecule has 7 fully saturated rings. The van der Waals surface area contributed by atoms with E-state index in [1.807, 2.05) is 74.5 Å². The molecule has 9 rings (SSSR count). The molecule has 0 radical (unpaired) electrons. The van der Waals surface area contributed by atoms with Gasteiger partial charge in [-0.1, -0.05) is 102 Å². The molecule has 2 aromatic rings. The minimum atomic E-state index is -5.08. The normalized spacial score (nSPS) is 30.0. The second-order valence-corrected chi connectivity index (χ2v) is 28.5. The van der Waals surface area contributed by atoms with Crippen LogP contribution in [-0.4, -0.2) is 173 Å². The second kappa shape index (κ2) is 34.5. The summed E-state index contributed by atoms with van der Waals surface area (Å²) in [6.45, 7) is 11.5. The van der Waals surface area contributed by atoms with Crippen LogP contribution in [0.4, 0.5) is 13.2 Å². The van der Waals surface area contributed by atoms with E-state index < -0.39 is 143 Å². The molecule has 13 N–H and O–H groups in total. The summed E-state index contributed by atoms with van der Waals surface area (Å²) in [5.74, 6) is -8.55. The Balaban J connectivity index is 0.00000176. The van der Waals surface area contributed by atoms with Crippen LogP contribution in [0.5, 0.6) is 0 Å². The topological polar surface area (TPSA) is 363 Å². The summed E-state index contributed by atoms with van der Waals surface area (Å²) in [7, 11) is 0. The minimum Gasteiger partial charge on any atom is -0.475 e. The van der Waals surface area contributed by atoms with Crippen LogP contribution >= 0.6 is 0 Å². The van der Waals surface area contributed by atoms with Crippen molar-refractivity contribution in [1.82, 2.24) is 52.3 Å². The van der Waals surface area contributed by atoms with Crippen LogP contribution in [0.3, 0.4) is 0 Å². The van der Waals surface area contributed by atoms with Crippen molar-refractivity contribution in [3.63, 3.8) is 0 Å². The zero-order valence-corrected chi connectivity index (χ0v) is 56.2. The number of benzene rings is 2. The highest BCUT2D eigenvalue weighted by Gasteiger charge is 2.53. The van der Waals surface area contributed by atoms with Gasteiger partial charge in [-0.05, 0) is 168 Å². The van der Waals surface area contributed by atoms with Crippen molar-refractivity contribution < 1.29 is 71.0 Å². The lowest BCUT2D eigenvalue weighted by molar-refractivity contribution is -0.192. The number of amides is 10. The molecule has 24 nitrogen and oxygen atoms in total. The number of nitrogens with two attached hydrogens (primary N) is 2. The molecule has 27 heteroatoms. The fourth-order valence-electron chi connectivity index (χ4n) is 15.4. The maximum absolute atomic E-state index is 15.4. The highest BCUT2D eigenvalue weighted by atomic mass is 19.4. The molecule has 96 heavy (non-hydrogen) atoms. The van der Waals surface area contributed by atoms with Gasteiger partial charge in [0.05, 0.1) is 0 Å². The summed E-state index contributed by atoms with van der Waals surface area (Å²) in [4.78, 5) is 161. The molecular weight excluding hydrogens is 1250 g/mol. The van der Waals surface area contributed by atoms with Crippen LogP contribution in [0.1, 0.15) is 155 Å². The van der Waals surface area contributed by atoms with E-state index in [2.05, 4.69) is 42.5 Å². The number of nitrogens with one attached hydrogen (secondary N) is 8. The molecule has 530 valence electrons. The fourth-order valence-corrected chi connectivity index (χ4v) is 15.4. The molecule has 0 unspecified atom stereocenters. The summed E-state index contributed by atoms with van der Waals surface area (Å²) in [5.41, 5.74) is 13.2. The predicted octanol–water partition coefficient (Wildman–Crippen LogP) is 3.42. The van der Waals surface area contributed by atoms with Gasteiger partial charge in [0.2, 0.25) is 59.1 Å². The zero-order chi connectivity index (χ0) is 70.2. The molecular formula is C69H101F3N12O12. The maximum Gasteiger partial charge on any atom is 0.490 e. The first-order valence-corrected chi connectivity index (χ1v) is 34.3. The number of hydrogen-bond donors (Lipinski definition) is 11. The van der Waals surface area contributed by atoms with Gasteiger partial charge in [0.1, 0.15) is 60.4 Å².